The largest absolute Gasteiger partial charge is 0.497 e. The molecule has 0 saturated carbocycles. The summed E-state index contributed by atoms with van der Waals surface area (Å²) in [4.78, 5) is 5.67. The molecule has 1 saturated heterocycles. The van der Waals surface area contributed by atoms with Crippen LogP contribution in [0.1, 0.15) is 11.1 Å². The molecule has 1 fully saturated rings. The second-order valence-electron chi connectivity index (χ2n) is 5.85. The summed E-state index contributed by atoms with van der Waals surface area (Å²) in [5.74, 6) is 0.896. The average Bonchev–Trinajstić information content (AvgIpc) is 2.61. The standard InChI is InChI=1S/C19H22N2OS/c1-15-4-3-5-16(14-15)19(23)21-12-10-20(11-13-21)17-6-8-18(22-2)9-7-17/h3-9,14H,10-13H2,1-2H3. The van der Waals surface area contributed by atoms with E-state index in [4.69, 9.17) is 17.0 Å². The van der Waals surface area contributed by atoms with E-state index in [2.05, 4.69) is 53.1 Å². The van der Waals surface area contributed by atoms with Crippen LogP contribution in [0, 0.1) is 6.92 Å². The first-order valence-corrected chi connectivity index (χ1v) is 8.33. The Morgan fingerprint density at radius 1 is 1.00 bits per heavy atom. The van der Waals surface area contributed by atoms with E-state index in [-0.39, 0.29) is 0 Å². The molecule has 1 aliphatic heterocycles. The van der Waals surface area contributed by atoms with Crippen molar-refractivity contribution in [3.63, 3.8) is 0 Å². The number of nitrogens with zero attached hydrogens (tertiary/aromatic N) is 2. The SMILES string of the molecule is COc1ccc(N2CCN(C(=S)c3cccc(C)c3)CC2)cc1. The number of rotatable bonds is 3. The number of aryl methyl sites for hydroxylation is 1. The molecule has 0 atom stereocenters. The predicted octanol–water partition coefficient (Wildman–Crippen LogP) is 3.50. The second-order valence-corrected chi connectivity index (χ2v) is 6.23. The highest BCUT2D eigenvalue weighted by molar-refractivity contribution is 7.80. The lowest BCUT2D eigenvalue weighted by Gasteiger charge is -2.37. The van der Waals surface area contributed by atoms with E-state index in [1.54, 1.807) is 7.11 Å². The summed E-state index contributed by atoms with van der Waals surface area (Å²) in [5.41, 5.74) is 3.64. The van der Waals surface area contributed by atoms with Crippen LogP contribution >= 0.6 is 12.2 Å². The van der Waals surface area contributed by atoms with Gasteiger partial charge in [-0.3, -0.25) is 0 Å². The molecule has 0 radical (unpaired) electrons. The zero-order chi connectivity index (χ0) is 16.2. The molecule has 3 rings (SSSR count). The Hall–Kier alpha value is -2.07. The molecular formula is C19H22N2OS. The van der Waals surface area contributed by atoms with E-state index < -0.39 is 0 Å². The van der Waals surface area contributed by atoms with Crippen LogP contribution < -0.4 is 9.64 Å². The summed E-state index contributed by atoms with van der Waals surface area (Å²) in [7, 11) is 1.69. The molecule has 0 unspecified atom stereocenters. The van der Waals surface area contributed by atoms with Gasteiger partial charge in [-0.1, -0.05) is 36.0 Å². The van der Waals surface area contributed by atoms with E-state index in [1.165, 1.54) is 11.3 Å². The molecule has 0 bridgehead atoms. The molecule has 0 amide bonds. The summed E-state index contributed by atoms with van der Waals surface area (Å²) in [6.45, 7) is 5.99. The average molecular weight is 326 g/mol. The molecule has 2 aromatic carbocycles. The van der Waals surface area contributed by atoms with E-state index in [0.29, 0.717) is 0 Å². The molecule has 2 aromatic rings. The Balaban J connectivity index is 1.62. The van der Waals surface area contributed by atoms with Gasteiger partial charge in [-0.05, 0) is 37.3 Å². The first kappa shape index (κ1) is 15.8. The highest BCUT2D eigenvalue weighted by atomic mass is 32.1. The Kier molecular flexibility index (Phi) is 4.82. The lowest BCUT2D eigenvalue weighted by molar-refractivity contribution is 0.392. The van der Waals surface area contributed by atoms with Crippen molar-refractivity contribution in [3.05, 3.63) is 59.7 Å². The number of benzene rings is 2. The van der Waals surface area contributed by atoms with Crippen molar-refractivity contribution in [2.45, 2.75) is 6.92 Å². The van der Waals surface area contributed by atoms with Crippen molar-refractivity contribution in [2.75, 3.05) is 38.2 Å². The van der Waals surface area contributed by atoms with E-state index >= 15 is 0 Å². The van der Waals surface area contributed by atoms with Gasteiger partial charge in [-0.25, -0.2) is 0 Å². The van der Waals surface area contributed by atoms with Gasteiger partial charge in [0.15, 0.2) is 0 Å². The maximum Gasteiger partial charge on any atom is 0.119 e. The van der Waals surface area contributed by atoms with E-state index in [0.717, 1.165) is 42.5 Å². The van der Waals surface area contributed by atoms with Gasteiger partial charge < -0.3 is 14.5 Å². The molecule has 0 spiro atoms. The van der Waals surface area contributed by atoms with Gasteiger partial charge >= 0.3 is 0 Å². The molecule has 1 aliphatic rings. The molecule has 4 heteroatoms. The fraction of sp³-hybridized carbons (Fsp3) is 0.316. The first-order chi connectivity index (χ1) is 11.2. The van der Waals surface area contributed by atoms with Crippen molar-refractivity contribution in [3.8, 4) is 5.75 Å². The topological polar surface area (TPSA) is 15.7 Å². The minimum atomic E-state index is 0.896. The fourth-order valence-corrected chi connectivity index (χ4v) is 3.23. The number of hydrogen-bond donors (Lipinski definition) is 0. The van der Waals surface area contributed by atoms with Crippen molar-refractivity contribution in [1.29, 1.82) is 0 Å². The number of methoxy groups -OCH3 is 1. The summed E-state index contributed by atoms with van der Waals surface area (Å²) in [5, 5.41) is 0. The van der Waals surface area contributed by atoms with Gasteiger partial charge in [0.05, 0.1) is 7.11 Å². The third-order valence-corrected chi connectivity index (χ3v) is 4.76. The second kappa shape index (κ2) is 7.01. The molecular weight excluding hydrogens is 304 g/mol. The van der Waals surface area contributed by atoms with Crippen LogP contribution in [0.4, 0.5) is 5.69 Å². The normalized spacial score (nSPS) is 14.7. The summed E-state index contributed by atoms with van der Waals surface area (Å²) in [6, 6.07) is 16.7. The summed E-state index contributed by atoms with van der Waals surface area (Å²) in [6.07, 6.45) is 0. The Morgan fingerprint density at radius 3 is 2.30 bits per heavy atom. The van der Waals surface area contributed by atoms with Gasteiger partial charge in [-0.2, -0.15) is 0 Å². The highest BCUT2D eigenvalue weighted by Gasteiger charge is 2.20. The maximum atomic E-state index is 5.68. The van der Waals surface area contributed by atoms with Gasteiger partial charge in [0.1, 0.15) is 10.7 Å². The van der Waals surface area contributed by atoms with Crippen LogP contribution in [0.15, 0.2) is 48.5 Å². The van der Waals surface area contributed by atoms with Gasteiger partial charge in [0.25, 0.3) is 0 Å². The van der Waals surface area contributed by atoms with Crippen molar-refractivity contribution in [1.82, 2.24) is 4.90 Å². The zero-order valence-corrected chi connectivity index (χ0v) is 14.5. The molecule has 0 N–H and O–H groups in total. The van der Waals surface area contributed by atoms with Crippen LogP contribution in [0.2, 0.25) is 0 Å². The predicted molar refractivity (Wildman–Crippen MR) is 99.7 cm³/mol. The number of piperazine rings is 1. The lowest BCUT2D eigenvalue weighted by Crippen LogP contribution is -2.48. The summed E-state index contributed by atoms with van der Waals surface area (Å²) < 4.78 is 5.22. The van der Waals surface area contributed by atoms with Crippen molar-refractivity contribution < 1.29 is 4.74 Å². The lowest BCUT2D eigenvalue weighted by atomic mass is 10.1. The van der Waals surface area contributed by atoms with Crippen LogP contribution in [0.5, 0.6) is 5.75 Å². The molecule has 1 heterocycles. The molecule has 0 aromatic heterocycles. The Labute approximate surface area is 143 Å². The van der Waals surface area contributed by atoms with Crippen LogP contribution in [-0.4, -0.2) is 43.2 Å². The number of hydrogen-bond acceptors (Lipinski definition) is 3. The van der Waals surface area contributed by atoms with E-state index in [9.17, 15) is 0 Å². The monoisotopic (exact) mass is 326 g/mol. The maximum absolute atomic E-state index is 5.68. The van der Waals surface area contributed by atoms with Gasteiger partial charge in [0.2, 0.25) is 0 Å². The molecule has 23 heavy (non-hydrogen) atoms. The van der Waals surface area contributed by atoms with Crippen LogP contribution in [-0.2, 0) is 0 Å². The number of ether oxygens (including phenoxy) is 1. The highest BCUT2D eigenvalue weighted by Crippen LogP contribution is 2.21. The Morgan fingerprint density at radius 2 is 1.70 bits per heavy atom. The Bertz CT molecular complexity index is 676. The number of thiocarbonyl (C=S) groups is 1. The minimum Gasteiger partial charge on any atom is -0.497 e. The quantitative estimate of drug-likeness (QED) is 0.802. The van der Waals surface area contributed by atoms with Crippen LogP contribution in [0.3, 0.4) is 0 Å². The molecule has 120 valence electrons. The zero-order valence-electron chi connectivity index (χ0n) is 13.7. The minimum absolute atomic E-state index is 0.896. The smallest absolute Gasteiger partial charge is 0.119 e. The molecule has 3 nitrogen and oxygen atoms in total. The first-order valence-electron chi connectivity index (χ1n) is 7.92. The van der Waals surface area contributed by atoms with E-state index in [1.807, 2.05) is 12.1 Å². The van der Waals surface area contributed by atoms with Gasteiger partial charge in [0, 0.05) is 37.4 Å². The van der Waals surface area contributed by atoms with Crippen molar-refractivity contribution >= 4 is 22.9 Å². The fourth-order valence-electron chi connectivity index (χ4n) is 2.92. The summed E-state index contributed by atoms with van der Waals surface area (Å²) >= 11 is 5.68. The third-order valence-electron chi connectivity index (χ3n) is 4.27. The number of anilines is 1. The van der Waals surface area contributed by atoms with Gasteiger partial charge in [-0.15, -0.1) is 0 Å². The van der Waals surface area contributed by atoms with Crippen molar-refractivity contribution in [2.24, 2.45) is 0 Å². The third kappa shape index (κ3) is 3.64. The molecule has 0 aliphatic carbocycles. The van der Waals surface area contributed by atoms with Crippen LogP contribution in [0.25, 0.3) is 0 Å².